The number of nitrogens with one attached hydrogen (secondary N) is 1. The van der Waals surface area contributed by atoms with E-state index in [1.54, 1.807) is 12.1 Å². The lowest BCUT2D eigenvalue weighted by Crippen LogP contribution is -2.45. The van der Waals surface area contributed by atoms with E-state index in [0.717, 1.165) is 0 Å². The molecule has 0 aliphatic carbocycles. The van der Waals surface area contributed by atoms with Gasteiger partial charge in [-0.25, -0.2) is 8.42 Å². The predicted octanol–water partition coefficient (Wildman–Crippen LogP) is 2.90. The van der Waals surface area contributed by atoms with Crippen LogP contribution in [0.25, 0.3) is 0 Å². The zero-order chi connectivity index (χ0) is 17.9. The van der Waals surface area contributed by atoms with Crippen LogP contribution in [0.1, 0.15) is 33.6 Å². The largest absolute Gasteiger partial charge is 0.353 e. The molecule has 1 atom stereocenters. The molecule has 1 aliphatic rings. The second kappa shape index (κ2) is 7.85. The molecule has 0 saturated carbocycles. The molecule has 7 heteroatoms. The van der Waals surface area contributed by atoms with Crippen molar-refractivity contribution >= 4 is 27.5 Å². The van der Waals surface area contributed by atoms with Gasteiger partial charge < -0.3 is 5.32 Å². The third kappa shape index (κ3) is 4.49. The van der Waals surface area contributed by atoms with Gasteiger partial charge in [-0.1, -0.05) is 25.4 Å². The van der Waals surface area contributed by atoms with E-state index < -0.39 is 10.0 Å². The topological polar surface area (TPSA) is 66.5 Å². The molecule has 0 aromatic heterocycles. The Balaban J connectivity index is 1.97. The third-order valence-corrected chi connectivity index (χ3v) is 6.81. The van der Waals surface area contributed by atoms with Crippen molar-refractivity contribution in [2.24, 2.45) is 11.8 Å². The van der Waals surface area contributed by atoms with Crippen LogP contribution in [0, 0.1) is 11.8 Å². The number of hydrogen-bond acceptors (Lipinski definition) is 3. The first kappa shape index (κ1) is 19.2. The number of hydrogen-bond donors (Lipinski definition) is 1. The van der Waals surface area contributed by atoms with Crippen LogP contribution < -0.4 is 5.32 Å². The molecule has 1 aromatic rings. The van der Waals surface area contributed by atoms with Crippen LogP contribution in [0.5, 0.6) is 0 Å². The van der Waals surface area contributed by atoms with Gasteiger partial charge in [0, 0.05) is 30.1 Å². The van der Waals surface area contributed by atoms with Gasteiger partial charge in [0.05, 0.1) is 4.90 Å². The number of piperidine rings is 1. The van der Waals surface area contributed by atoms with Gasteiger partial charge in [-0.15, -0.1) is 0 Å². The molecule has 0 unspecified atom stereocenters. The monoisotopic (exact) mass is 372 g/mol. The van der Waals surface area contributed by atoms with E-state index in [1.165, 1.54) is 16.4 Å². The minimum Gasteiger partial charge on any atom is -0.353 e. The number of sulfonamides is 1. The number of halogens is 1. The highest BCUT2D eigenvalue weighted by molar-refractivity contribution is 7.89. The maximum Gasteiger partial charge on any atom is 0.243 e. The number of benzene rings is 1. The molecule has 1 heterocycles. The van der Waals surface area contributed by atoms with Crippen molar-refractivity contribution in [2.75, 3.05) is 13.1 Å². The fourth-order valence-corrected chi connectivity index (χ4v) is 4.22. The van der Waals surface area contributed by atoms with Crippen LogP contribution in [0.3, 0.4) is 0 Å². The molecule has 1 N–H and O–H groups in total. The zero-order valence-corrected chi connectivity index (χ0v) is 15.9. The molecule has 1 amide bonds. The first-order valence-corrected chi connectivity index (χ1v) is 10.1. The average molecular weight is 373 g/mol. The Morgan fingerprint density at radius 2 is 1.71 bits per heavy atom. The molecule has 2 rings (SSSR count). The molecule has 1 aromatic carbocycles. The summed E-state index contributed by atoms with van der Waals surface area (Å²) in [5, 5.41) is 3.52. The van der Waals surface area contributed by atoms with Crippen LogP contribution in [0.15, 0.2) is 29.2 Å². The number of carbonyl (C=O) groups is 1. The van der Waals surface area contributed by atoms with Gasteiger partial charge in [-0.3, -0.25) is 4.79 Å². The summed E-state index contributed by atoms with van der Waals surface area (Å²) in [5.41, 5.74) is 0. The number of amides is 1. The van der Waals surface area contributed by atoms with Crippen LogP contribution in [-0.4, -0.2) is 37.8 Å². The molecular weight excluding hydrogens is 348 g/mol. The Morgan fingerprint density at radius 1 is 1.17 bits per heavy atom. The van der Waals surface area contributed by atoms with Crippen molar-refractivity contribution in [1.29, 1.82) is 0 Å². The van der Waals surface area contributed by atoms with Crippen molar-refractivity contribution in [2.45, 2.75) is 44.6 Å². The van der Waals surface area contributed by atoms with Crippen LogP contribution >= 0.6 is 11.6 Å². The van der Waals surface area contributed by atoms with Crippen molar-refractivity contribution in [3.63, 3.8) is 0 Å². The van der Waals surface area contributed by atoms with E-state index in [1.807, 2.05) is 6.92 Å². The highest BCUT2D eigenvalue weighted by Gasteiger charge is 2.32. The van der Waals surface area contributed by atoms with Gasteiger partial charge in [0.15, 0.2) is 0 Å². The van der Waals surface area contributed by atoms with Crippen molar-refractivity contribution in [1.82, 2.24) is 9.62 Å². The quantitative estimate of drug-likeness (QED) is 0.864. The number of carbonyl (C=O) groups excluding carboxylic acids is 1. The summed E-state index contributed by atoms with van der Waals surface area (Å²) < 4.78 is 26.7. The second-order valence-corrected chi connectivity index (χ2v) is 9.05. The Bertz CT molecular complexity index is 666. The second-order valence-electron chi connectivity index (χ2n) is 6.67. The molecule has 0 spiro atoms. The van der Waals surface area contributed by atoms with Crippen molar-refractivity contribution in [3.05, 3.63) is 29.3 Å². The fraction of sp³-hybridized carbons (Fsp3) is 0.588. The molecule has 5 nitrogen and oxygen atoms in total. The first-order valence-electron chi connectivity index (χ1n) is 8.28. The van der Waals surface area contributed by atoms with Gasteiger partial charge in [0.2, 0.25) is 15.9 Å². The highest BCUT2D eigenvalue weighted by atomic mass is 35.5. The normalized spacial score (nSPS) is 18.5. The Kier molecular flexibility index (Phi) is 6.28. The lowest BCUT2D eigenvalue weighted by atomic mass is 9.96. The van der Waals surface area contributed by atoms with E-state index in [4.69, 9.17) is 11.6 Å². The highest BCUT2D eigenvalue weighted by Crippen LogP contribution is 2.25. The summed E-state index contributed by atoms with van der Waals surface area (Å²) in [5.74, 6) is 0.280. The fourth-order valence-electron chi connectivity index (χ4n) is 2.62. The van der Waals surface area contributed by atoms with E-state index in [0.29, 0.717) is 36.9 Å². The Hall–Kier alpha value is -1.11. The first-order chi connectivity index (χ1) is 11.2. The maximum absolute atomic E-state index is 12.6. The van der Waals surface area contributed by atoms with Crippen molar-refractivity contribution < 1.29 is 13.2 Å². The van der Waals surface area contributed by atoms with Crippen LogP contribution in [0.2, 0.25) is 5.02 Å². The Labute approximate surface area is 149 Å². The van der Waals surface area contributed by atoms with Crippen LogP contribution in [0.4, 0.5) is 0 Å². The predicted molar refractivity (Wildman–Crippen MR) is 95.4 cm³/mol. The maximum atomic E-state index is 12.6. The standard InChI is InChI=1S/C17H25ClN2O3S/c1-12(2)13(3)19-17(21)14-8-10-20(11-9-14)24(22,23)16-6-4-15(18)5-7-16/h4-7,12-14H,8-11H2,1-3H3,(H,19,21)/t13-/m1/s1. The lowest BCUT2D eigenvalue weighted by Gasteiger charge is -2.31. The molecule has 1 fully saturated rings. The minimum absolute atomic E-state index is 0.0275. The molecule has 0 radical (unpaired) electrons. The summed E-state index contributed by atoms with van der Waals surface area (Å²) >= 11 is 5.81. The number of rotatable bonds is 5. The molecule has 0 bridgehead atoms. The molecule has 1 saturated heterocycles. The molecule has 1 aliphatic heterocycles. The van der Waals surface area contributed by atoms with E-state index in [9.17, 15) is 13.2 Å². The van der Waals surface area contributed by atoms with Gasteiger partial charge in [-0.05, 0) is 49.9 Å². The van der Waals surface area contributed by atoms with Gasteiger partial charge in [-0.2, -0.15) is 4.31 Å². The summed E-state index contributed by atoms with van der Waals surface area (Å²) in [6, 6.07) is 6.29. The minimum atomic E-state index is -3.52. The van der Waals surface area contributed by atoms with Gasteiger partial charge >= 0.3 is 0 Å². The van der Waals surface area contributed by atoms with Crippen molar-refractivity contribution in [3.8, 4) is 0 Å². The van der Waals surface area contributed by atoms with Gasteiger partial charge in [0.1, 0.15) is 0 Å². The average Bonchev–Trinajstić information content (AvgIpc) is 2.55. The van der Waals surface area contributed by atoms with E-state index >= 15 is 0 Å². The summed E-state index contributed by atoms with van der Waals surface area (Å²) in [6.07, 6.45) is 1.09. The van der Waals surface area contributed by atoms with Crippen LogP contribution in [-0.2, 0) is 14.8 Å². The Morgan fingerprint density at radius 3 is 2.21 bits per heavy atom. The smallest absolute Gasteiger partial charge is 0.243 e. The van der Waals surface area contributed by atoms with E-state index in [2.05, 4.69) is 19.2 Å². The van der Waals surface area contributed by atoms with Gasteiger partial charge in [0.25, 0.3) is 0 Å². The summed E-state index contributed by atoms with van der Waals surface area (Å²) in [6.45, 7) is 6.83. The lowest BCUT2D eigenvalue weighted by molar-refractivity contribution is -0.127. The third-order valence-electron chi connectivity index (χ3n) is 4.65. The molecule has 134 valence electrons. The zero-order valence-electron chi connectivity index (χ0n) is 14.3. The molecule has 24 heavy (non-hydrogen) atoms. The van der Waals surface area contributed by atoms with E-state index in [-0.39, 0.29) is 22.8 Å². The summed E-state index contributed by atoms with van der Waals surface area (Å²) in [4.78, 5) is 12.5. The number of nitrogens with zero attached hydrogens (tertiary/aromatic N) is 1. The molecular formula is C17H25ClN2O3S. The summed E-state index contributed by atoms with van der Waals surface area (Å²) in [7, 11) is -3.52. The SMILES string of the molecule is CC(C)[C@@H](C)NC(=O)C1CCN(S(=O)(=O)c2ccc(Cl)cc2)CC1.